The molecule has 19 heavy (non-hydrogen) atoms. The van der Waals surface area contributed by atoms with Gasteiger partial charge in [-0.25, -0.2) is 0 Å². The third-order valence-corrected chi connectivity index (χ3v) is 5.70. The molecule has 0 bridgehead atoms. The quantitative estimate of drug-likeness (QED) is 0.818. The first-order chi connectivity index (χ1) is 9.38. The monoisotopic (exact) mass is 264 g/mol. The van der Waals surface area contributed by atoms with Crippen molar-refractivity contribution < 1.29 is 0 Å². The lowest BCUT2D eigenvalue weighted by molar-refractivity contribution is 0.0728. The fourth-order valence-electron chi connectivity index (χ4n) is 4.44. The Morgan fingerprint density at radius 3 is 2.53 bits per heavy atom. The van der Waals surface area contributed by atoms with Gasteiger partial charge in [0.1, 0.15) is 0 Å². The maximum Gasteiger partial charge on any atom is 0.0126 e. The van der Waals surface area contributed by atoms with E-state index in [0.717, 1.165) is 23.9 Å². The van der Waals surface area contributed by atoms with Gasteiger partial charge in [0.15, 0.2) is 0 Å². The molecule has 3 aliphatic rings. The Morgan fingerprint density at radius 2 is 1.84 bits per heavy atom. The Labute approximate surface area is 119 Å². The number of nitrogens with zero attached hydrogens (tertiary/aromatic N) is 1. The summed E-state index contributed by atoms with van der Waals surface area (Å²) in [4.78, 5) is 2.96. The fourth-order valence-corrected chi connectivity index (χ4v) is 4.44. The standard InChI is InChI=1S/C17H32N2/c1-2-15-7-3-4-8-17(15)19(16-9-10-16)13-14-6-5-11-18-12-14/h14-18H,2-13H2,1H3. The minimum Gasteiger partial charge on any atom is -0.316 e. The van der Waals surface area contributed by atoms with Crippen LogP contribution in [0.1, 0.15) is 64.7 Å². The summed E-state index contributed by atoms with van der Waals surface area (Å²) >= 11 is 0. The number of hydrogen-bond acceptors (Lipinski definition) is 2. The zero-order chi connectivity index (χ0) is 13.1. The summed E-state index contributed by atoms with van der Waals surface area (Å²) in [5.74, 6) is 1.92. The Hall–Kier alpha value is -0.0800. The van der Waals surface area contributed by atoms with Crippen LogP contribution in [0.15, 0.2) is 0 Å². The van der Waals surface area contributed by atoms with Crippen LogP contribution in [0.4, 0.5) is 0 Å². The number of rotatable bonds is 5. The Bertz CT molecular complexity index is 268. The van der Waals surface area contributed by atoms with Crippen LogP contribution in [0.25, 0.3) is 0 Å². The average Bonchev–Trinajstić information content (AvgIpc) is 3.30. The minimum atomic E-state index is 0.924. The molecule has 2 aliphatic carbocycles. The number of nitrogens with one attached hydrogen (secondary N) is 1. The SMILES string of the molecule is CCC1CCCCC1N(CC1CCCNC1)C1CC1. The van der Waals surface area contributed by atoms with Crippen molar-refractivity contribution in [1.82, 2.24) is 10.2 Å². The van der Waals surface area contributed by atoms with Crippen LogP contribution >= 0.6 is 0 Å². The predicted molar refractivity (Wildman–Crippen MR) is 81.4 cm³/mol. The Kier molecular flexibility index (Phi) is 4.81. The molecule has 3 unspecified atom stereocenters. The summed E-state index contributed by atoms with van der Waals surface area (Å²) in [5.41, 5.74) is 0. The topological polar surface area (TPSA) is 15.3 Å². The average molecular weight is 264 g/mol. The van der Waals surface area contributed by atoms with E-state index in [0.29, 0.717) is 0 Å². The third-order valence-electron chi connectivity index (χ3n) is 5.70. The van der Waals surface area contributed by atoms with E-state index in [1.165, 1.54) is 77.4 Å². The first-order valence-corrected chi connectivity index (χ1v) is 8.85. The predicted octanol–water partition coefficient (Wildman–Crippen LogP) is 3.42. The molecule has 0 aromatic carbocycles. The van der Waals surface area contributed by atoms with Gasteiger partial charge >= 0.3 is 0 Å². The zero-order valence-electron chi connectivity index (χ0n) is 12.7. The van der Waals surface area contributed by atoms with Crippen LogP contribution in [-0.4, -0.2) is 36.6 Å². The van der Waals surface area contributed by atoms with E-state index in [1.54, 1.807) is 0 Å². The molecule has 2 heteroatoms. The highest BCUT2D eigenvalue weighted by molar-refractivity contribution is 4.94. The molecule has 0 amide bonds. The molecule has 110 valence electrons. The van der Waals surface area contributed by atoms with Crippen molar-refractivity contribution in [2.75, 3.05) is 19.6 Å². The number of hydrogen-bond donors (Lipinski definition) is 1. The van der Waals surface area contributed by atoms with Crippen molar-refractivity contribution in [3.8, 4) is 0 Å². The van der Waals surface area contributed by atoms with Gasteiger partial charge in [0.2, 0.25) is 0 Å². The second kappa shape index (κ2) is 6.58. The molecule has 3 atom stereocenters. The lowest BCUT2D eigenvalue weighted by atomic mass is 9.81. The van der Waals surface area contributed by atoms with Gasteiger partial charge in [-0.05, 0) is 63.5 Å². The fraction of sp³-hybridized carbons (Fsp3) is 1.00. The molecule has 0 aromatic rings. The van der Waals surface area contributed by atoms with Gasteiger partial charge in [0.05, 0.1) is 0 Å². The largest absolute Gasteiger partial charge is 0.316 e. The van der Waals surface area contributed by atoms with E-state index in [9.17, 15) is 0 Å². The van der Waals surface area contributed by atoms with Crippen molar-refractivity contribution in [2.45, 2.75) is 76.8 Å². The van der Waals surface area contributed by atoms with E-state index >= 15 is 0 Å². The van der Waals surface area contributed by atoms with Crippen LogP contribution in [-0.2, 0) is 0 Å². The van der Waals surface area contributed by atoms with Gasteiger partial charge in [-0.1, -0.05) is 26.2 Å². The zero-order valence-corrected chi connectivity index (χ0v) is 12.7. The van der Waals surface area contributed by atoms with Crippen molar-refractivity contribution in [3.05, 3.63) is 0 Å². The molecule has 0 aromatic heterocycles. The normalized spacial score (nSPS) is 36.6. The van der Waals surface area contributed by atoms with Gasteiger partial charge in [0.25, 0.3) is 0 Å². The highest BCUT2D eigenvalue weighted by Gasteiger charge is 2.38. The van der Waals surface area contributed by atoms with E-state index in [1.807, 2.05) is 0 Å². The molecular weight excluding hydrogens is 232 g/mol. The molecule has 0 radical (unpaired) electrons. The lowest BCUT2D eigenvalue weighted by Crippen LogP contribution is -2.48. The maximum atomic E-state index is 3.60. The molecule has 2 saturated carbocycles. The Morgan fingerprint density at radius 1 is 1.00 bits per heavy atom. The maximum absolute atomic E-state index is 3.60. The minimum absolute atomic E-state index is 0.924. The van der Waals surface area contributed by atoms with Crippen molar-refractivity contribution in [2.24, 2.45) is 11.8 Å². The van der Waals surface area contributed by atoms with Crippen molar-refractivity contribution in [1.29, 1.82) is 0 Å². The summed E-state index contributed by atoms with van der Waals surface area (Å²) in [6.45, 7) is 6.32. The first kappa shape index (κ1) is 13.9. The van der Waals surface area contributed by atoms with Crippen molar-refractivity contribution >= 4 is 0 Å². The van der Waals surface area contributed by atoms with Crippen molar-refractivity contribution in [3.63, 3.8) is 0 Å². The smallest absolute Gasteiger partial charge is 0.0126 e. The van der Waals surface area contributed by atoms with E-state index in [2.05, 4.69) is 17.1 Å². The van der Waals surface area contributed by atoms with E-state index in [-0.39, 0.29) is 0 Å². The van der Waals surface area contributed by atoms with Crippen LogP contribution in [0.3, 0.4) is 0 Å². The summed E-state index contributed by atoms with van der Waals surface area (Å²) in [7, 11) is 0. The highest BCUT2D eigenvalue weighted by Crippen LogP contribution is 2.38. The van der Waals surface area contributed by atoms with E-state index in [4.69, 9.17) is 0 Å². The second-order valence-corrected chi connectivity index (χ2v) is 7.16. The van der Waals surface area contributed by atoms with Crippen LogP contribution in [0.2, 0.25) is 0 Å². The highest BCUT2D eigenvalue weighted by atomic mass is 15.2. The molecule has 3 rings (SSSR count). The lowest BCUT2D eigenvalue weighted by Gasteiger charge is -2.42. The first-order valence-electron chi connectivity index (χ1n) is 8.85. The van der Waals surface area contributed by atoms with E-state index < -0.39 is 0 Å². The summed E-state index contributed by atoms with van der Waals surface area (Å²) in [5, 5.41) is 3.60. The molecule has 1 aliphatic heterocycles. The van der Waals surface area contributed by atoms with Crippen LogP contribution < -0.4 is 5.32 Å². The molecule has 2 nitrogen and oxygen atoms in total. The molecule has 3 fully saturated rings. The van der Waals surface area contributed by atoms with Gasteiger partial charge in [0, 0.05) is 18.6 Å². The van der Waals surface area contributed by atoms with Gasteiger partial charge in [-0.2, -0.15) is 0 Å². The van der Waals surface area contributed by atoms with Crippen LogP contribution in [0.5, 0.6) is 0 Å². The molecule has 1 saturated heterocycles. The van der Waals surface area contributed by atoms with Crippen LogP contribution in [0, 0.1) is 11.8 Å². The molecule has 1 heterocycles. The second-order valence-electron chi connectivity index (χ2n) is 7.16. The molecule has 0 spiro atoms. The van der Waals surface area contributed by atoms with Gasteiger partial charge < -0.3 is 5.32 Å². The summed E-state index contributed by atoms with van der Waals surface area (Å²) in [6, 6.07) is 1.88. The van der Waals surface area contributed by atoms with Gasteiger partial charge in [-0.3, -0.25) is 4.90 Å². The molecular formula is C17H32N2. The summed E-state index contributed by atoms with van der Waals surface area (Å²) < 4.78 is 0. The molecule has 1 N–H and O–H groups in total. The summed E-state index contributed by atoms with van der Waals surface area (Å²) in [6.07, 6.45) is 13.1. The van der Waals surface area contributed by atoms with Gasteiger partial charge in [-0.15, -0.1) is 0 Å². The Balaban J connectivity index is 1.61. The number of piperidine rings is 1. The third kappa shape index (κ3) is 3.52.